The molecule has 0 amide bonds. The predicted molar refractivity (Wildman–Crippen MR) is 76.8 cm³/mol. The number of phenols is 1. The first-order chi connectivity index (χ1) is 7.74. The fraction of sp³-hybridized carbons (Fsp3) is 0.0769. The summed E-state index contributed by atoms with van der Waals surface area (Å²) in [7, 11) is 0. The van der Waals surface area contributed by atoms with Crippen LogP contribution < -0.4 is 0 Å². The Bertz CT molecular complexity index is 468. The van der Waals surface area contributed by atoms with Gasteiger partial charge in [0.25, 0.3) is 0 Å². The van der Waals surface area contributed by atoms with Gasteiger partial charge in [0.05, 0.1) is 0 Å². The number of rotatable bonds is 3. The Morgan fingerprint density at radius 1 is 1.06 bits per heavy atom. The minimum Gasteiger partial charge on any atom is -0.508 e. The molecule has 0 aliphatic rings. The van der Waals surface area contributed by atoms with E-state index in [1.54, 1.807) is 23.9 Å². The average molecular weight is 342 g/mol. The molecule has 3 heteroatoms. The highest BCUT2D eigenvalue weighted by atomic mass is 127. The van der Waals surface area contributed by atoms with Gasteiger partial charge >= 0.3 is 0 Å². The summed E-state index contributed by atoms with van der Waals surface area (Å²) in [6.45, 7) is 0. The second-order valence-corrected chi connectivity index (χ2v) is 5.71. The molecule has 0 bridgehead atoms. The molecule has 0 heterocycles. The van der Waals surface area contributed by atoms with Crippen LogP contribution in [0.2, 0.25) is 0 Å². The number of hydrogen-bond donors (Lipinski definition) is 1. The van der Waals surface area contributed by atoms with Crippen LogP contribution in [0.4, 0.5) is 0 Å². The maximum absolute atomic E-state index is 9.33. The van der Waals surface area contributed by atoms with E-state index in [9.17, 15) is 5.11 Å². The van der Waals surface area contributed by atoms with Gasteiger partial charge in [0.2, 0.25) is 0 Å². The van der Waals surface area contributed by atoms with E-state index in [-0.39, 0.29) is 0 Å². The Kier molecular flexibility index (Phi) is 4.12. The molecule has 2 aromatic carbocycles. The molecule has 0 radical (unpaired) electrons. The number of phenolic OH excluding ortho intramolecular Hbond substituents is 1. The van der Waals surface area contributed by atoms with Crippen LogP contribution in [0.3, 0.4) is 0 Å². The van der Waals surface area contributed by atoms with Crippen molar-refractivity contribution in [2.75, 3.05) is 0 Å². The van der Waals surface area contributed by atoms with Crippen LogP contribution in [-0.4, -0.2) is 5.11 Å². The first-order valence-electron chi connectivity index (χ1n) is 4.90. The van der Waals surface area contributed by atoms with Crippen molar-refractivity contribution < 1.29 is 5.11 Å². The second-order valence-electron chi connectivity index (χ2n) is 3.41. The summed E-state index contributed by atoms with van der Waals surface area (Å²) >= 11 is 4.03. The molecule has 0 aromatic heterocycles. The number of thioether (sulfide) groups is 1. The molecule has 16 heavy (non-hydrogen) atoms. The number of halogens is 1. The zero-order valence-corrected chi connectivity index (χ0v) is 11.5. The topological polar surface area (TPSA) is 20.2 Å². The number of hydrogen-bond acceptors (Lipinski definition) is 2. The lowest BCUT2D eigenvalue weighted by molar-refractivity contribution is 0.474. The standard InChI is InChI=1S/C13H11IOS/c14-11-6-4-10(5-7-11)9-16-13-3-1-2-12(15)8-13/h1-8,15H,9H2. The van der Waals surface area contributed by atoms with E-state index in [0.717, 1.165) is 10.6 Å². The predicted octanol–water partition coefficient (Wildman–Crippen LogP) is 4.29. The van der Waals surface area contributed by atoms with Gasteiger partial charge in [0, 0.05) is 14.2 Å². The van der Waals surface area contributed by atoms with Crippen molar-refractivity contribution in [2.45, 2.75) is 10.6 Å². The first kappa shape index (κ1) is 11.8. The Morgan fingerprint density at radius 2 is 1.81 bits per heavy atom. The van der Waals surface area contributed by atoms with E-state index in [1.807, 2.05) is 12.1 Å². The minimum absolute atomic E-state index is 0.326. The van der Waals surface area contributed by atoms with Gasteiger partial charge in [-0.25, -0.2) is 0 Å². The molecule has 0 saturated carbocycles. The summed E-state index contributed by atoms with van der Waals surface area (Å²) in [6.07, 6.45) is 0. The molecule has 0 saturated heterocycles. The summed E-state index contributed by atoms with van der Waals surface area (Å²) in [5, 5.41) is 9.33. The molecule has 2 aromatic rings. The fourth-order valence-corrected chi connectivity index (χ4v) is 2.58. The van der Waals surface area contributed by atoms with Crippen molar-refractivity contribution in [1.82, 2.24) is 0 Å². The van der Waals surface area contributed by atoms with E-state index in [4.69, 9.17) is 0 Å². The van der Waals surface area contributed by atoms with Gasteiger partial charge < -0.3 is 5.11 Å². The second kappa shape index (κ2) is 5.59. The molecule has 2 rings (SSSR count). The van der Waals surface area contributed by atoms with E-state index in [1.165, 1.54) is 9.13 Å². The first-order valence-corrected chi connectivity index (χ1v) is 6.97. The lowest BCUT2D eigenvalue weighted by Gasteiger charge is -2.02. The van der Waals surface area contributed by atoms with E-state index in [0.29, 0.717) is 5.75 Å². The van der Waals surface area contributed by atoms with Crippen LogP contribution in [-0.2, 0) is 5.75 Å². The molecule has 1 N–H and O–H groups in total. The third-order valence-corrected chi connectivity index (χ3v) is 3.92. The highest BCUT2D eigenvalue weighted by molar-refractivity contribution is 14.1. The molecular formula is C13H11IOS. The Hall–Kier alpha value is -0.680. The summed E-state index contributed by atoms with van der Waals surface area (Å²) in [5.41, 5.74) is 1.30. The molecule has 0 atom stereocenters. The maximum atomic E-state index is 9.33. The van der Waals surface area contributed by atoms with Crippen molar-refractivity contribution in [2.24, 2.45) is 0 Å². The fourth-order valence-electron chi connectivity index (χ4n) is 1.32. The zero-order chi connectivity index (χ0) is 11.4. The normalized spacial score (nSPS) is 10.3. The van der Waals surface area contributed by atoms with Crippen LogP contribution >= 0.6 is 34.4 Å². The Labute approximate surface area is 113 Å². The summed E-state index contributed by atoms with van der Waals surface area (Å²) < 4.78 is 1.25. The van der Waals surface area contributed by atoms with Crippen LogP contribution in [0.25, 0.3) is 0 Å². The highest BCUT2D eigenvalue weighted by Crippen LogP contribution is 2.25. The van der Waals surface area contributed by atoms with Crippen LogP contribution in [0.1, 0.15) is 5.56 Å². The van der Waals surface area contributed by atoms with Gasteiger partial charge in [-0.2, -0.15) is 0 Å². The number of benzene rings is 2. The lowest BCUT2D eigenvalue weighted by atomic mass is 10.2. The summed E-state index contributed by atoms with van der Waals surface area (Å²) in [4.78, 5) is 1.10. The van der Waals surface area contributed by atoms with Crippen LogP contribution in [0.15, 0.2) is 53.4 Å². The lowest BCUT2D eigenvalue weighted by Crippen LogP contribution is -1.80. The van der Waals surface area contributed by atoms with E-state index < -0.39 is 0 Å². The zero-order valence-electron chi connectivity index (χ0n) is 8.56. The van der Waals surface area contributed by atoms with Crippen molar-refractivity contribution in [1.29, 1.82) is 0 Å². The molecule has 0 spiro atoms. The van der Waals surface area contributed by atoms with Crippen molar-refractivity contribution >= 4 is 34.4 Å². The van der Waals surface area contributed by atoms with Crippen molar-refractivity contribution in [3.8, 4) is 5.75 Å². The van der Waals surface area contributed by atoms with E-state index in [2.05, 4.69) is 46.9 Å². The largest absolute Gasteiger partial charge is 0.508 e. The highest BCUT2D eigenvalue weighted by Gasteiger charge is 1.97. The molecule has 0 fully saturated rings. The number of aromatic hydroxyl groups is 1. The molecule has 0 aliphatic carbocycles. The molecular weight excluding hydrogens is 331 g/mol. The maximum Gasteiger partial charge on any atom is 0.116 e. The molecule has 0 aliphatic heterocycles. The third-order valence-electron chi connectivity index (χ3n) is 2.14. The molecule has 0 unspecified atom stereocenters. The minimum atomic E-state index is 0.326. The Balaban J connectivity index is 1.99. The smallest absolute Gasteiger partial charge is 0.116 e. The monoisotopic (exact) mass is 342 g/mol. The van der Waals surface area contributed by atoms with Crippen LogP contribution in [0, 0.1) is 3.57 Å². The van der Waals surface area contributed by atoms with Gasteiger partial charge in [-0.05, 0) is 58.5 Å². The van der Waals surface area contributed by atoms with Gasteiger partial charge in [-0.15, -0.1) is 11.8 Å². The van der Waals surface area contributed by atoms with Gasteiger partial charge in [0.15, 0.2) is 0 Å². The molecule has 82 valence electrons. The molecule has 1 nitrogen and oxygen atoms in total. The van der Waals surface area contributed by atoms with Gasteiger partial charge in [-0.1, -0.05) is 18.2 Å². The van der Waals surface area contributed by atoms with Crippen LogP contribution in [0.5, 0.6) is 5.75 Å². The summed E-state index contributed by atoms with van der Waals surface area (Å²) in [5.74, 6) is 1.26. The summed E-state index contributed by atoms with van der Waals surface area (Å²) in [6, 6.07) is 15.8. The quantitative estimate of drug-likeness (QED) is 0.663. The van der Waals surface area contributed by atoms with Gasteiger partial charge in [-0.3, -0.25) is 0 Å². The SMILES string of the molecule is Oc1cccc(SCc2ccc(I)cc2)c1. The van der Waals surface area contributed by atoms with E-state index >= 15 is 0 Å². The Morgan fingerprint density at radius 3 is 2.50 bits per heavy atom. The third kappa shape index (κ3) is 3.42. The average Bonchev–Trinajstić information content (AvgIpc) is 2.28. The van der Waals surface area contributed by atoms with Crippen molar-refractivity contribution in [3.63, 3.8) is 0 Å². The van der Waals surface area contributed by atoms with Gasteiger partial charge in [0.1, 0.15) is 5.75 Å². The van der Waals surface area contributed by atoms with Crippen molar-refractivity contribution in [3.05, 3.63) is 57.7 Å².